The van der Waals surface area contributed by atoms with Crippen LogP contribution in [0.25, 0.3) is 0 Å². The van der Waals surface area contributed by atoms with Gasteiger partial charge in [0.2, 0.25) is 20.9 Å². The van der Waals surface area contributed by atoms with Crippen LogP contribution in [-0.4, -0.2) is 50.9 Å². The molecule has 0 bridgehead atoms. The summed E-state index contributed by atoms with van der Waals surface area (Å²) in [6.07, 6.45) is 0.324. The fourth-order valence-electron chi connectivity index (χ4n) is 3.19. The highest BCUT2D eigenvalue weighted by Crippen LogP contribution is 2.39. The SMILES string of the molecule is CCOc1cc(C(=O)Nc2nnc(CCNS(=O)(=O)c3ccc(C)cc3)s2)cc(OCC)c1OCC. The summed E-state index contributed by atoms with van der Waals surface area (Å²) in [7, 11) is -3.62. The lowest BCUT2D eigenvalue weighted by Crippen LogP contribution is -2.25. The number of ether oxygens (including phenoxy) is 3. The number of benzene rings is 2. The van der Waals surface area contributed by atoms with Gasteiger partial charge in [0.25, 0.3) is 5.91 Å². The highest BCUT2D eigenvalue weighted by Gasteiger charge is 2.20. The van der Waals surface area contributed by atoms with Gasteiger partial charge in [0, 0.05) is 18.5 Å². The topological polar surface area (TPSA) is 129 Å². The number of sulfonamides is 1. The molecular formula is C24H30N4O6S2. The molecule has 2 aromatic carbocycles. The van der Waals surface area contributed by atoms with Crippen LogP contribution in [0.3, 0.4) is 0 Å². The summed E-state index contributed by atoms with van der Waals surface area (Å²) in [6.45, 7) is 8.77. The van der Waals surface area contributed by atoms with E-state index in [4.69, 9.17) is 14.2 Å². The molecule has 0 fully saturated rings. The Bertz CT molecular complexity index is 1250. The van der Waals surface area contributed by atoms with Crippen LogP contribution in [0.15, 0.2) is 41.3 Å². The van der Waals surface area contributed by atoms with Crippen molar-refractivity contribution in [2.75, 3.05) is 31.7 Å². The fraction of sp³-hybridized carbons (Fsp3) is 0.375. The van der Waals surface area contributed by atoms with E-state index in [-0.39, 0.29) is 11.4 Å². The number of hydrogen-bond donors (Lipinski definition) is 2. The third kappa shape index (κ3) is 7.15. The van der Waals surface area contributed by atoms with E-state index in [1.54, 1.807) is 36.4 Å². The quantitative estimate of drug-likeness (QED) is 0.339. The third-order valence-electron chi connectivity index (χ3n) is 4.82. The van der Waals surface area contributed by atoms with E-state index >= 15 is 0 Å². The number of carbonyl (C=O) groups excluding carboxylic acids is 1. The molecule has 1 amide bonds. The van der Waals surface area contributed by atoms with Crippen LogP contribution in [-0.2, 0) is 16.4 Å². The molecule has 0 saturated carbocycles. The molecule has 1 aromatic heterocycles. The normalized spacial score (nSPS) is 11.2. The van der Waals surface area contributed by atoms with Crippen LogP contribution in [0.5, 0.6) is 17.2 Å². The van der Waals surface area contributed by atoms with E-state index in [2.05, 4.69) is 20.2 Å². The monoisotopic (exact) mass is 534 g/mol. The van der Waals surface area contributed by atoms with Crippen LogP contribution in [0.4, 0.5) is 5.13 Å². The van der Waals surface area contributed by atoms with Crippen molar-refractivity contribution in [1.82, 2.24) is 14.9 Å². The average Bonchev–Trinajstić information content (AvgIpc) is 3.28. The molecule has 36 heavy (non-hydrogen) atoms. The van der Waals surface area contributed by atoms with E-state index in [0.29, 0.717) is 59.2 Å². The first-order valence-corrected chi connectivity index (χ1v) is 13.8. The van der Waals surface area contributed by atoms with E-state index in [9.17, 15) is 13.2 Å². The molecule has 12 heteroatoms. The average molecular weight is 535 g/mol. The first-order chi connectivity index (χ1) is 17.3. The Morgan fingerprint density at radius 2 is 1.56 bits per heavy atom. The van der Waals surface area contributed by atoms with Crippen LogP contribution < -0.4 is 24.2 Å². The van der Waals surface area contributed by atoms with Gasteiger partial charge in [-0.1, -0.05) is 29.0 Å². The summed E-state index contributed by atoms with van der Waals surface area (Å²) in [5.41, 5.74) is 1.29. The summed E-state index contributed by atoms with van der Waals surface area (Å²) < 4.78 is 44.4. The van der Waals surface area contributed by atoms with E-state index in [0.717, 1.165) is 5.56 Å². The predicted molar refractivity (Wildman–Crippen MR) is 138 cm³/mol. The lowest BCUT2D eigenvalue weighted by molar-refractivity contribution is 0.102. The Morgan fingerprint density at radius 3 is 2.14 bits per heavy atom. The standard InChI is InChI=1S/C24H30N4O6S2/c1-5-32-19-14-17(15-20(33-6-2)22(19)34-7-3)23(29)26-24-28-27-21(35-24)12-13-25-36(30,31)18-10-8-16(4)9-11-18/h8-11,14-15,25H,5-7,12-13H2,1-4H3,(H,26,28,29). The number of anilines is 1. The summed E-state index contributed by atoms with van der Waals surface area (Å²) >= 11 is 1.17. The van der Waals surface area contributed by atoms with Crippen molar-refractivity contribution in [3.63, 3.8) is 0 Å². The molecule has 194 valence electrons. The van der Waals surface area contributed by atoms with Gasteiger partial charge >= 0.3 is 0 Å². The van der Waals surface area contributed by atoms with E-state index < -0.39 is 15.9 Å². The number of aromatic nitrogens is 2. The highest BCUT2D eigenvalue weighted by molar-refractivity contribution is 7.89. The largest absolute Gasteiger partial charge is 0.490 e. The zero-order valence-electron chi connectivity index (χ0n) is 20.7. The maximum atomic E-state index is 12.9. The molecule has 0 radical (unpaired) electrons. The molecule has 3 aromatic rings. The smallest absolute Gasteiger partial charge is 0.257 e. The predicted octanol–water partition coefficient (Wildman–Crippen LogP) is 3.82. The van der Waals surface area contributed by atoms with Gasteiger partial charge in [-0.2, -0.15) is 0 Å². The van der Waals surface area contributed by atoms with Crippen molar-refractivity contribution in [2.45, 2.75) is 39.0 Å². The van der Waals surface area contributed by atoms with E-state index in [1.165, 1.54) is 11.3 Å². The minimum atomic E-state index is -3.62. The number of nitrogens with zero attached hydrogens (tertiary/aromatic N) is 2. The maximum Gasteiger partial charge on any atom is 0.257 e. The molecule has 0 saturated heterocycles. The molecule has 1 heterocycles. The summed E-state index contributed by atoms with van der Waals surface area (Å²) in [4.78, 5) is 13.1. The first kappa shape index (κ1) is 27.4. The van der Waals surface area contributed by atoms with Gasteiger partial charge in [-0.05, 0) is 52.0 Å². The molecule has 0 atom stereocenters. The Hall–Kier alpha value is -3.22. The number of amides is 1. The molecule has 0 aliphatic rings. The molecule has 0 aliphatic carbocycles. The molecule has 3 rings (SSSR count). The Morgan fingerprint density at radius 1 is 0.944 bits per heavy atom. The van der Waals surface area contributed by atoms with Gasteiger partial charge < -0.3 is 14.2 Å². The number of aryl methyl sites for hydroxylation is 1. The number of rotatable bonds is 13. The molecule has 0 aliphatic heterocycles. The third-order valence-corrected chi connectivity index (χ3v) is 7.20. The number of hydrogen-bond acceptors (Lipinski definition) is 9. The van der Waals surface area contributed by atoms with Crippen molar-refractivity contribution in [1.29, 1.82) is 0 Å². The van der Waals surface area contributed by atoms with E-state index in [1.807, 2.05) is 27.7 Å². The van der Waals surface area contributed by atoms with Gasteiger partial charge in [-0.3, -0.25) is 10.1 Å². The van der Waals surface area contributed by atoms with Gasteiger partial charge in [-0.15, -0.1) is 10.2 Å². The second-order valence-electron chi connectivity index (χ2n) is 7.52. The minimum Gasteiger partial charge on any atom is -0.490 e. The van der Waals surface area contributed by atoms with Gasteiger partial charge in [0.1, 0.15) is 5.01 Å². The van der Waals surface area contributed by atoms with Crippen molar-refractivity contribution in [2.24, 2.45) is 0 Å². The number of carbonyl (C=O) groups is 1. The summed E-state index contributed by atoms with van der Waals surface area (Å²) in [5.74, 6) is 0.857. The molecular weight excluding hydrogens is 504 g/mol. The highest BCUT2D eigenvalue weighted by atomic mass is 32.2. The van der Waals surface area contributed by atoms with Crippen molar-refractivity contribution in [3.05, 3.63) is 52.5 Å². The Balaban J connectivity index is 1.65. The second kappa shape index (κ2) is 12.7. The maximum absolute atomic E-state index is 12.9. The van der Waals surface area contributed by atoms with Crippen LogP contribution >= 0.6 is 11.3 Å². The Labute approximate surface area is 215 Å². The molecule has 10 nitrogen and oxygen atoms in total. The van der Waals surface area contributed by atoms with Gasteiger partial charge in [0.05, 0.1) is 24.7 Å². The molecule has 0 spiro atoms. The summed E-state index contributed by atoms with van der Waals surface area (Å²) in [5, 5.41) is 11.6. The second-order valence-corrected chi connectivity index (χ2v) is 10.3. The van der Waals surface area contributed by atoms with Crippen molar-refractivity contribution < 1.29 is 27.4 Å². The minimum absolute atomic E-state index is 0.146. The Kier molecular flexibility index (Phi) is 9.62. The lowest BCUT2D eigenvalue weighted by Gasteiger charge is -2.16. The first-order valence-electron chi connectivity index (χ1n) is 11.5. The number of nitrogens with one attached hydrogen (secondary N) is 2. The van der Waals surface area contributed by atoms with Crippen molar-refractivity contribution in [3.8, 4) is 17.2 Å². The van der Waals surface area contributed by atoms with Crippen LogP contribution in [0.2, 0.25) is 0 Å². The van der Waals surface area contributed by atoms with Crippen LogP contribution in [0.1, 0.15) is 41.7 Å². The van der Waals surface area contributed by atoms with Crippen molar-refractivity contribution >= 4 is 32.4 Å². The molecule has 2 N–H and O–H groups in total. The fourth-order valence-corrected chi connectivity index (χ4v) is 4.95. The van der Waals surface area contributed by atoms with Gasteiger partial charge in [0.15, 0.2) is 11.5 Å². The van der Waals surface area contributed by atoms with Crippen LogP contribution in [0, 0.1) is 6.92 Å². The molecule has 0 unspecified atom stereocenters. The lowest BCUT2D eigenvalue weighted by atomic mass is 10.1. The zero-order valence-corrected chi connectivity index (χ0v) is 22.3. The summed E-state index contributed by atoms with van der Waals surface area (Å²) in [6, 6.07) is 9.79. The zero-order chi connectivity index (χ0) is 26.1. The van der Waals surface area contributed by atoms with Gasteiger partial charge in [-0.25, -0.2) is 13.1 Å².